The summed E-state index contributed by atoms with van der Waals surface area (Å²) >= 11 is 0. The molecule has 0 fully saturated rings. The van der Waals surface area contributed by atoms with Crippen LogP contribution in [0.25, 0.3) is 0 Å². The van der Waals surface area contributed by atoms with Crippen molar-refractivity contribution in [1.82, 2.24) is 0 Å². The number of hydrogen-bond donors (Lipinski definition) is 1. The molecule has 0 saturated heterocycles. The van der Waals surface area contributed by atoms with E-state index < -0.39 is 0 Å². The third-order valence-corrected chi connectivity index (χ3v) is 2.00. The lowest BCUT2D eigenvalue weighted by molar-refractivity contribution is 0.109. The van der Waals surface area contributed by atoms with E-state index in [1.807, 2.05) is 12.1 Å². The average Bonchev–Trinajstić information content (AvgIpc) is 2.06. The fraction of sp³-hybridized carbons (Fsp3) is 0.333. The second-order valence-electron chi connectivity index (χ2n) is 2.72. The molecule has 1 aliphatic rings. The molecule has 0 bridgehead atoms. The van der Waals surface area contributed by atoms with E-state index in [4.69, 9.17) is 4.74 Å². The Labute approximate surface area is 65.4 Å². The smallest absolute Gasteiger partial charge is 0.119 e. The van der Waals surface area contributed by atoms with Crippen LogP contribution in [0.15, 0.2) is 18.2 Å². The Bertz CT molecular complexity index is 268. The standard InChI is InChI=1S/C9H10O2/c10-9-3-1-2-7-6-11-5-4-8(7)9/h1-3,10H,4-6H2. The highest BCUT2D eigenvalue weighted by molar-refractivity contribution is 5.39. The summed E-state index contributed by atoms with van der Waals surface area (Å²) in [5, 5.41) is 9.40. The van der Waals surface area contributed by atoms with Crippen molar-refractivity contribution < 1.29 is 9.84 Å². The Morgan fingerprint density at radius 3 is 3.09 bits per heavy atom. The maximum absolute atomic E-state index is 9.40. The van der Waals surface area contributed by atoms with Crippen LogP contribution in [-0.4, -0.2) is 11.7 Å². The van der Waals surface area contributed by atoms with Gasteiger partial charge in [-0.2, -0.15) is 0 Å². The summed E-state index contributed by atoms with van der Waals surface area (Å²) < 4.78 is 5.24. The number of phenolic OH excluding ortho intramolecular Hbond substituents is 1. The molecule has 2 heteroatoms. The van der Waals surface area contributed by atoms with Crippen molar-refractivity contribution in [2.75, 3.05) is 6.61 Å². The Kier molecular flexibility index (Phi) is 1.55. The van der Waals surface area contributed by atoms with Gasteiger partial charge >= 0.3 is 0 Å². The zero-order chi connectivity index (χ0) is 7.68. The number of aromatic hydroxyl groups is 1. The fourth-order valence-corrected chi connectivity index (χ4v) is 1.40. The number of benzene rings is 1. The Morgan fingerprint density at radius 1 is 1.36 bits per heavy atom. The highest BCUT2D eigenvalue weighted by Crippen LogP contribution is 2.24. The molecule has 0 saturated carbocycles. The van der Waals surface area contributed by atoms with Crippen molar-refractivity contribution in [1.29, 1.82) is 0 Å². The van der Waals surface area contributed by atoms with E-state index in [1.54, 1.807) is 6.07 Å². The van der Waals surface area contributed by atoms with Crippen LogP contribution in [0.4, 0.5) is 0 Å². The van der Waals surface area contributed by atoms with Crippen LogP contribution >= 0.6 is 0 Å². The zero-order valence-electron chi connectivity index (χ0n) is 6.21. The third-order valence-electron chi connectivity index (χ3n) is 2.00. The van der Waals surface area contributed by atoms with Crippen molar-refractivity contribution in [2.24, 2.45) is 0 Å². The van der Waals surface area contributed by atoms with Gasteiger partial charge in [0.05, 0.1) is 13.2 Å². The fourth-order valence-electron chi connectivity index (χ4n) is 1.40. The van der Waals surface area contributed by atoms with Crippen LogP contribution in [-0.2, 0) is 17.8 Å². The van der Waals surface area contributed by atoms with Crippen molar-refractivity contribution in [3.63, 3.8) is 0 Å². The molecule has 1 aromatic rings. The lowest BCUT2D eigenvalue weighted by atomic mass is 10.0. The summed E-state index contributed by atoms with van der Waals surface area (Å²) in [4.78, 5) is 0. The Balaban J connectivity index is 2.49. The van der Waals surface area contributed by atoms with Gasteiger partial charge in [-0.1, -0.05) is 12.1 Å². The molecule has 0 spiro atoms. The van der Waals surface area contributed by atoms with Gasteiger partial charge in [-0.25, -0.2) is 0 Å². The largest absolute Gasteiger partial charge is 0.508 e. The van der Waals surface area contributed by atoms with E-state index in [-0.39, 0.29) is 0 Å². The minimum Gasteiger partial charge on any atom is -0.508 e. The van der Waals surface area contributed by atoms with Gasteiger partial charge < -0.3 is 9.84 Å². The minimum atomic E-state index is 0.408. The van der Waals surface area contributed by atoms with Crippen LogP contribution in [0.2, 0.25) is 0 Å². The molecule has 0 atom stereocenters. The molecule has 0 unspecified atom stereocenters. The lowest BCUT2D eigenvalue weighted by Crippen LogP contribution is -2.09. The molecule has 11 heavy (non-hydrogen) atoms. The molecular formula is C9H10O2. The highest BCUT2D eigenvalue weighted by Gasteiger charge is 2.11. The summed E-state index contributed by atoms with van der Waals surface area (Å²) in [7, 11) is 0. The first-order valence-electron chi connectivity index (χ1n) is 3.75. The van der Waals surface area contributed by atoms with Crippen molar-refractivity contribution in [3.8, 4) is 5.75 Å². The number of hydrogen-bond acceptors (Lipinski definition) is 2. The van der Waals surface area contributed by atoms with E-state index in [2.05, 4.69) is 0 Å². The van der Waals surface area contributed by atoms with Crippen LogP contribution < -0.4 is 0 Å². The third kappa shape index (κ3) is 1.10. The van der Waals surface area contributed by atoms with Crippen LogP contribution in [0, 0.1) is 0 Å². The molecule has 1 heterocycles. The van der Waals surface area contributed by atoms with Crippen molar-refractivity contribution in [3.05, 3.63) is 29.3 Å². The zero-order valence-corrected chi connectivity index (χ0v) is 6.21. The average molecular weight is 150 g/mol. The normalized spacial score (nSPS) is 16.0. The lowest BCUT2D eigenvalue weighted by Gasteiger charge is -2.16. The van der Waals surface area contributed by atoms with Gasteiger partial charge in [0.25, 0.3) is 0 Å². The van der Waals surface area contributed by atoms with E-state index in [1.165, 1.54) is 0 Å². The summed E-state index contributed by atoms with van der Waals surface area (Å²) in [6.45, 7) is 1.37. The van der Waals surface area contributed by atoms with Crippen molar-refractivity contribution >= 4 is 0 Å². The van der Waals surface area contributed by atoms with E-state index >= 15 is 0 Å². The first-order valence-corrected chi connectivity index (χ1v) is 3.75. The van der Waals surface area contributed by atoms with Gasteiger partial charge in [0.1, 0.15) is 5.75 Å². The molecule has 1 aromatic carbocycles. The molecule has 0 aromatic heterocycles. The molecule has 1 N–H and O–H groups in total. The number of ether oxygens (including phenoxy) is 1. The van der Waals surface area contributed by atoms with Crippen molar-refractivity contribution in [2.45, 2.75) is 13.0 Å². The molecule has 2 nitrogen and oxygen atoms in total. The van der Waals surface area contributed by atoms with Crippen LogP contribution in [0.3, 0.4) is 0 Å². The molecule has 1 aliphatic heterocycles. The predicted molar refractivity (Wildman–Crippen MR) is 41.5 cm³/mol. The Morgan fingerprint density at radius 2 is 2.27 bits per heavy atom. The predicted octanol–water partition coefficient (Wildman–Crippen LogP) is 1.46. The number of phenols is 1. The molecule has 0 amide bonds. The van der Waals surface area contributed by atoms with Gasteiger partial charge in [0.2, 0.25) is 0 Å². The monoisotopic (exact) mass is 150 g/mol. The first kappa shape index (κ1) is 6.68. The summed E-state index contributed by atoms with van der Waals surface area (Å²) in [6.07, 6.45) is 0.835. The molecule has 2 rings (SSSR count). The summed E-state index contributed by atoms with van der Waals surface area (Å²) in [5.74, 6) is 0.408. The maximum atomic E-state index is 9.40. The van der Waals surface area contributed by atoms with Gasteiger partial charge in [0, 0.05) is 5.56 Å². The molecular weight excluding hydrogens is 140 g/mol. The van der Waals surface area contributed by atoms with E-state index in [0.717, 1.165) is 24.2 Å². The Hall–Kier alpha value is -1.02. The topological polar surface area (TPSA) is 29.5 Å². The molecule has 58 valence electrons. The quantitative estimate of drug-likeness (QED) is 0.606. The SMILES string of the molecule is Oc1cccc2c1CCOC2. The minimum absolute atomic E-state index is 0.408. The summed E-state index contributed by atoms with van der Waals surface area (Å²) in [5.41, 5.74) is 2.18. The van der Waals surface area contributed by atoms with Gasteiger partial charge in [-0.05, 0) is 18.1 Å². The van der Waals surface area contributed by atoms with Crippen LogP contribution in [0.5, 0.6) is 5.75 Å². The van der Waals surface area contributed by atoms with Crippen LogP contribution in [0.1, 0.15) is 11.1 Å². The van der Waals surface area contributed by atoms with Gasteiger partial charge in [-0.3, -0.25) is 0 Å². The van der Waals surface area contributed by atoms with E-state index in [9.17, 15) is 5.11 Å². The summed E-state index contributed by atoms with van der Waals surface area (Å²) in [6, 6.07) is 5.57. The van der Waals surface area contributed by atoms with Gasteiger partial charge in [-0.15, -0.1) is 0 Å². The van der Waals surface area contributed by atoms with Gasteiger partial charge in [0.15, 0.2) is 0 Å². The maximum Gasteiger partial charge on any atom is 0.119 e. The number of fused-ring (bicyclic) bond motifs is 1. The first-order chi connectivity index (χ1) is 5.38. The highest BCUT2D eigenvalue weighted by atomic mass is 16.5. The second kappa shape index (κ2) is 2.55. The second-order valence-corrected chi connectivity index (χ2v) is 2.72. The van der Waals surface area contributed by atoms with E-state index in [0.29, 0.717) is 12.4 Å². The molecule has 0 aliphatic carbocycles. The molecule has 0 radical (unpaired) electrons. The number of rotatable bonds is 0.